The Hall–Kier alpha value is -2.13. The molecule has 0 bridgehead atoms. The second-order valence-electron chi connectivity index (χ2n) is 6.23. The molecule has 136 valence electrons. The fourth-order valence-electron chi connectivity index (χ4n) is 3.21. The van der Waals surface area contributed by atoms with Crippen LogP contribution in [-0.2, 0) is 26.0 Å². The number of carbonyl (C=O) groups excluding carboxylic acids is 1. The molecular weight excluding hydrogens is 348 g/mol. The molecule has 1 atom stereocenters. The number of carboxylic acids is 1. The van der Waals surface area contributed by atoms with E-state index < -0.39 is 22.1 Å². The van der Waals surface area contributed by atoms with Crippen LogP contribution in [0.4, 0.5) is 5.69 Å². The predicted molar refractivity (Wildman–Crippen MR) is 90.2 cm³/mol. The number of hydrogen-bond acceptors (Lipinski definition) is 5. The topological polar surface area (TPSA) is 104 Å². The fraction of sp³-hybridized carbons (Fsp3) is 0.500. The van der Waals surface area contributed by atoms with Crippen molar-refractivity contribution < 1.29 is 27.9 Å². The minimum atomic E-state index is -3.35. The largest absolute Gasteiger partial charge is 0.479 e. The maximum atomic E-state index is 12.7. The first-order chi connectivity index (χ1) is 11.8. The quantitative estimate of drug-likeness (QED) is 0.824. The fourth-order valence-corrected chi connectivity index (χ4v) is 4.20. The van der Waals surface area contributed by atoms with E-state index in [1.165, 1.54) is 15.5 Å². The molecule has 1 aromatic rings. The number of carboxylic acid groups (broad SMARTS) is 1. The molecule has 0 aliphatic carbocycles. The number of fused-ring (bicyclic) bond motifs is 1. The van der Waals surface area contributed by atoms with E-state index in [-0.39, 0.29) is 19.1 Å². The average Bonchev–Trinajstić information content (AvgIpc) is 2.59. The number of nitrogens with zero attached hydrogens (tertiary/aromatic N) is 2. The van der Waals surface area contributed by atoms with Gasteiger partial charge in [-0.1, -0.05) is 0 Å². The number of benzene rings is 1. The Morgan fingerprint density at radius 1 is 1.28 bits per heavy atom. The van der Waals surface area contributed by atoms with E-state index in [1.54, 1.807) is 18.2 Å². The van der Waals surface area contributed by atoms with Crippen LogP contribution in [0.5, 0.6) is 0 Å². The highest BCUT2D eigenvalue weighted by Crippen LogP contribution is 2.30. The summed E-state index contributed by atoms with van der Waals surface area (Å²) in [6.07, 6.45) is 1.54. The van der Waals surface area contributed by atoms with E-state index >= 15 is 0 Å². The van der Waals surface area contributed by atoms with E-state index in [0.29, 0.717) is 37.2 Å². The van der Waals surface area contributed by atoms with Gasteiger partial charge in [0.15, 0.2) is 6.10 Å². The SMILES string of the molecule is CS(=O)(=O)N1CCCc2cc(C(=O)N3CCO[C@H](C(=O)O)C3)ccc21. The van der Waals surface area contributed by atoms with Crippen LogP contribution in [0.2, 0.25) is 0 Å². The molecule has 0 spiro atoms. The molecule has 1 amide bonds. The lowest BCUT2D eigenvalue weighted by molar-refractivity contribution is -0.154. The first kappa shape index (κ1) is 17.7. The standard InChI is InChI=1S/C16H20N2O6S/c1-25(22,23)18-6-2-3-11-9-12(4-5-13(11)18)15(19)17-7-8-24-14(10-17)16(20)21/h4-5,9,14H,2-3,6-8,10H2,1H3,(H,20,21)/t14-/m0/s1. The molecule has 9 heteroatoms. The first-order valence-electron chi connectivity index (χ1n) is 8.01. The maximum absolute atomic E-state index is 12.7. The molecule has 0 unspecified atom stereocenters. The van der Waals surface area contributed by atoms with Gasteiger partial charge in [0.1, 0.15) is 0 Å². The van der Waals surface area contributed by atoms with Crippen LogP contribution in [-0.4, -0.2) is 68.9 Å². The molecule has 2 heterocycles. The molecule has 0 radical (unpaired) electrons. The highest BCUT2D eigenvalue weighted by atomic mass is 32.2. The number of morpholine rings is 1. The summed E-state index contributed by atoms with van der Waals surface area (Å²) < 4.78 is 30.3. The summed E-state index contributed by atoms with van der Waals surface area (Å²) in [6, 6.07) is 4.95. The van der Waals surface area contributed by atoms with Crippen LogP contribution in [0.1, 0.15) is 22.3 Å². The molecule has 2 aliphatic heterocycles. The number of aliphatic carboxylic acids is 1. The normalized spacial score (nSPS) is 20.9. The monoisotopic (exact) mass is 368 g/mol. The van der Waals surface area contributed by atoms with Crippen LogP contribution in [0.3, 0.4) is 0 Å². The molecule has 1 fully saturated rings. The number of amides is 1. The molecule has 1 saturated heterocycles. The van der Waals surface area contributed by atoms with E-state index in [2.05, 4.69) is 0 Å². The van der Waals surface area contributed by atoms with E-state index in [4.69, 9.17) is 9.84 Å². The lowest BCUT2D eigenvalue weighted by Gasteiger charge is -2.32. The Bertz CT molecular complexity index is 807. The predicted octanol–water partition coefficient (Wildman–Crippen LogP) is 0.324. The lowest BCUT2D eigenvalue weighted by Crippen LogP contribution is -2.48. The Morgan fingerprint density at radius 2 is 2.04 bits per heavy atom. The van der Waals surface area contributed by atoms with Gasteiger partial charge in [0.05, 0.1) is 25.1 Å². The minimum absolute atomic E-state index is 0.000710. The second kappa shape index (κ2) is 6.64. The third kappa shape index (κ3) is 3.62. The molecule has 8 nitrogen and oxygen atoms in total. The van der Waals surface area contributed by atoms with Crippen molar-refractivity contribution in [2.24, 2.45) is 0 Å². The molecule has 1 aromatic carbocycles. The second-order valence-corrected chi connectivity index (χ2v) is 8.14. The molecule has 0 aromatic heterocycles. The number of carbonyl (C=O) groups is 2. The van der Waals surface area contributed by atoms with Crippen LogP contribution in [0.25, 0.3) is 0 Å². The van der Waals surface area contributed by atoms with Crippen molar-refractivity contribution in [1.82, 2.24) is 4.90 Å². The minimum Gasteiger partial charge on any atom is -0.479 e. The van der Waals surface area contributed by atoms with Crippen molar-refractivity contribution in [3.63, 3.8) is 0 Å². The molecule has 2 aliphatic rings. The smallest absolute Gasteiger partial charge is 0.334 e. The van der Waals surface area contributed by atoms with Gasteiger partial charge in [-0.2, -0.15) is 0 Å². The lowest BCUT2D eigenvalue weighted by atomic mass is 10.00. The first-order valence-corrected chi connectivity index (χ1v) is 9.86. The van der Waals surface area contributed by atoms with Gasteiger partial charge in [-0.25, -0.2) is 13.2 Å². The highest BCUT2D eigenvalue weighted by Gasteiger charge is 2.30. The van der Waals surface area contributed by atoms with E-state index in [9.17, 15) is 18.0 Å². The van der Waals surface area contributed by atoms with E-state index in [0.717, 1.165) is 5.56 Å². The summed E-state index contributed by atoms with van der Waals surface area (Å²) in [5, 5.41) is 9.05. The summed E-state index contributed by atoms with van der Waals surface area (Å²) in [5.41, 5.74) is 1.85. The Balaban J connectivity index is 1.84. The van der Waals surface area contributed by atoms with Crippen LogP contribution >= 0.6 is 0 Å². The van der Waals surface area contributed by atoms with Crippen LogP contribution in [0, 0.1) is 0 Å². The van der Waals surface area contributed by atoms with Crippen LogP contribution < -0.4 is 4.31 Å². The van der Waals surface area contributed by atoms with Gasteiger partial charge in [-0.05, 0) is 36.6 Å². The zero-order valence-corrected chi connectivity index (χ0v) is 14.7. The molecular formula is C16H20N2O6S. The van der Waals surface area contributed by atoms with Crippen molar-refractivity contribution >= 4 is 27.6 Å². The van der Waals surface area contributed by atoms with Crippen molar-refractivity contribution in [3.8, 4) is 0 Å². The van der Waals surface area contributed by atoms with Crippen molar-refractivity contribution in [2.75, 3.05) is 36.8 Å². The van der Waals surface area contributed by atoms with Gasteiger partial charge in [-0.15, -0.1) is 0 Å². The summed E-state index contributed by atoms with van der Waals surface area (Å²) in [6.45, 7) is 0.939. The van der Waals surface area contributed by atoms with Crippen molar-refractivity contribution in [1.29, 1.82) is 0 Å². The third-order valence-electron chi connectivity index (χ3n) is 4.43. The number of sulfonamides is 1. The Morgan fingerprint density at radius 3 is 2.72 bits per heavy atom. The number of anilines is 1. The maximum Gasteiger partial charge on any atom is 0.334 e. The highest BCUT2D eigenvalue weighted by molar-refractivity contribution is 7.92. The van der Waals surface area contributed by atoms with Crippen LogP contribution in [0.15, 0.2) is 18.2 Å². The number of rotatable bonds is 3. The van der Waals surface area contributed by atoms with E-state index in [1.807, 2.05) is 0 Å². The summed E-state index contributed by atoms with van der Waals surface area (Å²) in [4.78, 5) is 25.2. The zero-order chi connectivity index (χ0) is 18.2. The third-order valence-corrected chi connectivity index (χ3v) is 5.61. The van der Waals surface area contributed by atoms with Crippen molar-refractivity contribution in [3.05, 3.63) is 29.3 Å². The Labute approximate surface area is 146 Å². The number of aryl methyl sites for hydroxylation is 1. The van der Waals surface area contributed by atoms with Gasteiger partial charge in [0, 0.05) is 18.7 Å². The number of ether oxygens (including phenoxy) is 1. The summed E-state index contributed by atoms with van der Waals surface area (Å²) >= 11 is 0. The zero-order valence-electron chi connectivity index (χ0n) is 13.8. The van der Waals surface area contributed by atoms with Gasteiger partial charge < -0.3 is 14.7 Å². The summed E-state index contributed by atoms with van der Waals surface area (Å²) in [7, 11) is -3.35. The summed E-state index contributed by atoms with van der Waals surface area (Å²) in [5.74, 6) is -1.36. The molecule has 25 heavy (non-hydrogen) atoms. The molecule has 3 rings (SSSR count). The van der Waals surface area contributed by atoms with Gasteiger partial charge in [0.2, 0.25) is 10.0 Å². The van der Waals surface area contributed by atoms with Gasteiger partial charge in [-0.3, -0.25) is 9.10 Å². The van der Waals surface area contributed by atoms with Gasteiger partial charge in [0.25, 0.3) is 5.91 Å². The van der Waals surface area contributed by atoms with Crippen molar-refractivity contribution in [2.45, 2.75) is 18.9 Å². The molecule has 0 saturated carbocycles. The Kier molecular flexibility index (Phi) is 4.70. The van der Waals surface area contributed by atoms with Gasteiger partial charge >= 0.3 is 5.97 Å². The molecule has 1 N–H and O–H groups in total. The average molecular weight is 368 g/mol. The number of hydrogen-bond donors (Lipinski definition) is 1.